The standard InChI is InChI=1S/C5H14Si.Li.H/c1-5(2)6(3)4;;/h5-6H,1-4H3;;. The normalized spacial score (nSPS) is 9.43. The van der Waals surface area contributed by atoms with Crippen molar-refractivity contribution in [2.75, 3.05) is 0 Å². The second-order valence-corrected chi connectivity index (χ2v) is 6.31. The third-order valence-corrected chi connectivity index (χ3v) is 4.00. The van der Waals surface area contributed by atoms with E-state index < -0.39 is 0 Å². The minimum absolute atomic E-state index is 0. The van der Waals surface area contributed by atoms with E-state index in [0.29, 0.717) is 0 Å². The first-order valence-corrected chi connectivity index (χ1v) is 5.62. The monoisotopic (exact) mass is 110 g/mol. The van der Waals surface area contributed by atoms with Crippen LogP contribution in [0.4, 0.5) is 0 Å². The Morgan fingerprint density at radius 3 is 1.29 bits per heavy atom. The summed E-state index contributed by atoms with van der Waals surface area (Å²) >= 11 is 0. The third-order valence-electron chi connectivity index (χ3n) is 1.33. The van der Waals surface area contributed by atoms with Gasteiger partial charge >= 0.3 is 18.9 Å². The van der Waals surface area contributed by atoms with Gasteiger partial charge in [-0.15, -0.1) is 0 Å². The molecule has 0 unspecified atom stereocenters. The van der Waals surface area contributed by atoms with Gasteiger partial charge in [-0.2, -0.15) is 0 Å². The predicted molar refractivity (Wildman–Crippen MR) is 41.1 cm³/mol. The van der Waals surface area contributed by atoms with Crippen molar-refractivity contribution >= 4 is 27.7 Å². The summed E-state index contributed by atoms with van der Waals surface area (Å²) in [5.74, 6) is 0. The SMILES string of the molecule is CC(C)[SiH](C)C.[LiH]. The Morgan fingerprint density at radius 2 is 1.29 bits per heavy atom. The first-order chi connectivity index (χ1) is 2.64. The second-order valence-electron chi connectivity index (χ2n) is 2.49. The van der Waals surface area contributed by atoms with Crippen LogP contribution in [0.15, 0.2) is 0 Å². The van der Waals surface area contributed by atoms with E-state index in [4.69, 9.17) is 0 Å². The van der Waals surface area contributed by atoms with Crippen molar-refractivity contribution in [2.24, 2.45) is 0 Å². The van der Waals surface area contributed by atoms with Crippen LogP contribution in [0.1, 0.15) is 13.8 Å². The van der Waals surface area contributed by atoms with E-state index in [1.165, 1.54) is 0 Å². The minimum atomic E-state index is -0.244. The van der Waals surface area contributed by atoms with E-state index in [0.717, 1.165) is 5.54 Å². The summed E-state index contributed by atoms with van der Waals surface area (Å²) in [6.45, 7) is 9.36. The van der Waals surface area contributed by atoms with Crippen LogP contribution in [-0.2, 0) is 0 Å². The second kappa shape index (κ2) is 4.96. The zero-order valence-corrected chi connectivity index (χ0v) is 6.31. The molecule has 2 heteroatoms. The quantitative estimate of drug-likeness (QED) is 0.445. The number of rotatable bonds is 1. The molecule has 0 heterocycles. The van der Waals surface area contributed by atoms with E-state index in [2.05, 4.69) is 26.9 Å². The molecule has 0 atom stereocenters. The van der Waals surface area contributed by atoms with Crippen LogP contribution in [-0.4, -0.2) is 27.7 Å². The molecule has 0 aliphatic heterocycles. The summed E-state index contributed by atoms with van der Waals surface area (Å²) in [4.78, 5) is 0. The molecule has 0 bridgehead atoms. The summed E-state index contributed by atoms with van der Waals surface area (Å²) in [6.07, 6.45) is 0. The molecule has 40 valence electrons. The molecule has 0 saturated carbocycles. The Bertz CT molecular complexity index is 29.1. The molecule has 0 aromatic carbocycles. The van der Waals surface area contributed by atoms with Gasteiger partial charge in [-0.1, -0.05) is 32.5 Å². The van der Waals surface area contributed by atoms with E-state index in [1.54, 1.807) is 0 Å². The Hall–Kier alpha value is 0.814. The van der Waals surface area contributed by atoms with Crippen molar-refractivity contribution < 1.29 is 0 Å². The Kier molecular flexibility index (Phi) is 7.61. The number of hydrogen-bond acceptors (Lipinski definition) is 0. The zero-order chi connectivity index (χ0) is 5.15. The van der Waals surface area contributed by atoms with Crippen LogP contribution in [0.5, 0.6) is 0 Å². The molecule has 0 amide bonds. The summed E-state index contributed by atoms with van der Waals surface area (Å²) in [6, 6.07) is 0. The van der Waals surface area contributed by atoms with Crippen molar-refractivity contribution in [1.82, 2.24) is 0 Å². The van der Waals surface area contributed by atoms with Gasteiger partial charge in [-0.05, 0) is 0 Å². The van der Waals surface area contributed by atoms with E-state index in [1.807, 2.05) is 0 Å². The molecule has 0 spiro atoms. The average Bonchev–Trinajstić information content (AvgIpc) is 1.36. The first kappa shape index (κ1) is 10.7. The van der Waals surface area contributed by atoms with Gasteiger partial charge in [-0.3, -0.25) is 0 Å². The molecule has 0 aliphatic carbocycles. The molecule has 0 saturated heterocycles. The average molecular weight is 110 g/mol. The first-order valence-electron chi connectivity index (χ1n) is 2.64. The van der Waals surface area contributed by atoms with Gasteiger partial charge in [0.2, 0.25) is 0 Å². The van der Waals surface area contributed by atoms with Crippen molar-refractivity contribution in [1.29, 1.82) is 0 Å². The van der Waals surface area contributed by atoms with Crippen molar-refractivity contribution in [3.63, 3.8) is 0 Å². The fraction of sp³-hybridized carbons (Fsp3) is 1.00. The van der Waals surface area contributed by atoms with Crippen molar-refractivity contribution in [3.8, 4) is 0 Å². The van der Waals surface area contributed by atoms with Gasteiger partial charge in [0.25, 0.3) is 0 Å². The van der Waals surface area contributed by atoms with Gasteiger partial charge in [0.15, 0.2) is 0 Å². The Labute approximate surface area is 60.5 Å². The van der Waals surface area contributed by atoms with Crippen LogP contribution >= 0.6 is 0 Å². The zero-order valence-electron chi connectivity index (χ0n) is 5.15. The third kappa shape index (κ3) is 6.81. The van der Waals surface area contributed by atoms with E-state index >= 15 is 0 Å². The molecule has 0 aromatic heterocycles. The van der Waals surface area contributed by atoms with Crippen LogP contribution in [0.25, 0.3) is 0 Å². The van der Waals surface area contributed by atoms with Gasteiger partial charge in [-0.25, -0.2) is 0 Å². The summed E-state index contributed by atoms with van der Waals surface area (Å²) in [7, 11) is -0.244. The molecule has 0 N–H and O–H groups in total. The fourth-order valence-corrected chi connectivity index (χ4v) is 0. The summed E-state index contributed by atoms with van der Waals surface area (Å²) in [5.41, 5.74) is 0.991. The topological polar surface area (TPSA) is 0 Å². The van der Waals surface area contributed by atoms with Gasteiger partial charge in [0, 0.05) is 8.80 Å². The Morgan fingerprint density at radius 1 is 1.14 bits per heavy atom. The predicted octanol–water partition coefficient (Wildman–Crippen LogP) is 1.23. The van der Waals surface area contributed by atoms with Crippen molar-refractivity contribution in [2.45, 2.75) is 32.5 Å². The molecule has 0 radical (unpaired) electrons. The van der Waals surface area contributed by atoms with E-state index in [-0.39, 0.29) is 27.7 Å². The van der Waals surface area contributed by atoms with Gasteiger partial charge < -0.3 is 0 Å². The summed E-state index contributed by atoms with van der Waals surface area (Å²) in [5, 5.41) is 0. The molecular weight excluding hydrogens is 95.1 g/mol. The summed E-state index contributed by atoms with van der Waals surface area (Å²) < 4.78 is 0. The molecule has 0 aromatic rings. The van der Waals surface area contributed by atoms with Crippen LogP contribution in [0.2, 0.25) is 18.6 Å². The van der Waals surface area contributed by atoms with Crippen molar-refractivity contribution in [3.05, 3.63) is 0 Å². The van der Waals surface area contributed by atoms with E-state index in [9.17, 15) is 0 Å². The van der Waals surface area contributed by atoms with Crippen LogP contribution < -0.4 is 0 Å². The van der Waals surface area contributed by atoms with Gasteiger partial charge in [0.05, 0.1) is 0 Å². The molecule has 0 rings (SSSR count). The maximum atomic E-state index is 2.38. The molecule has 7 heavy (non-hydrogen) atoms. The molecule has 0 aliphatic rings. The fourth-order valence-electron chi connectivity index (χ4n) is 0. The molecule has 0 fully saturated rings. The molecule has 0 nitrogen and oxygen atoms in total. The van der Waals surface area contributed by atoms with Crippen LogP contribution in [0.3, 0.4) is 0 Å². The number of hydrogen-bond donors (Lipinski definition) is 0. The maximum absolute atomic E-state index is 2.38. The molecular formula is C5H15LiSi. The van der Waals surface area contributed by atoms with Crippen LogP contribution in [0, 0.1) is 0 Å². The Balaban J connectivity index is 0. The van der Waals surface area contributed by atoms with Gasteiger partial charge in [0.1, 0.15) is 0 Å².